The first-order valence-electron chi connectivity index (χ1n) is 8.98. The third-order valence-corrected chi connectivity index (χ3v) is 5.62. The van der Waals surface area contributed by atoms with Crippen LogP contribution in [0.15, 0.2) is 47.8 Å². The van der Waals surface area contributed by atoms with E-state index >= 15 is 0 Å². The number of amides is 1. The minimum Gasteiger partial charge on any atom is -0.354 e. The number of nitrogens with zero attached hydrogens (tertiary/aromatic N) is 3. The lowest BCUT2D eigenvalue weighted by atomic mass is 9.97. The molecule has 28 heavy (non-hydrogen) atoms. The van der Waals surface area contributed by atoms with Crippen LogP contribution in [0.4, 0.5) is 20.3 Å². The fourth-order valence-corrected chi connectivity index (χ4v) is 3.97. The summed E-state index contributed by atoms with van der Waals surface area (Å²) in [6, 6.07) is 10.8. The molecule has 1 aliphatic rings. The van der Waals surface area contributed by atoms with Gasteiger partial charge in [0.2, 0.25) is 5.91 Å². The Bertz CT molecular complexity index is 963. The van der Waals surface area contributed by atoms with Crippen LogP contribution in [0.3, 0.4) is 0 Å². The van der Waals surface area contributed by atoms with Crippen LogP contribution >= 0.6 is 11.3 Å². The lowest BCUT2D eigenvalue weighted by Gasteiger charge is -2.32. The van der Waals surface area contributed by atoms with Crippen molar-refractivity contribution < 1.29 is 13.6 Å². The van der Waals surface area contributed by atoms with Gasteiger partial charge in [-0.05, 0) is 48.6 Å². The average molecular weight is 400 g/mol. The highest BCUT2D eigenvalue weighted by molar-refractivity contribution is 7.13. The fourth-order valence-electron chi connectivity index (χ4n) is 3.28. The van der Waals surface area contributed by atoms with Crippen molar-refractivity contribution in [2.75, 3.05) is 23.3 Å². The molecule has 1 fully saturated rings. The van der Waals surface area contributed by atoms with Gasteiger partial charge in [-0.15, -0.1) is 21.5 Å². The number of nitrogens with one attached hydrogen (secondary N) is 1. The molecule has 0 spiro atoms. The van der Waals surface area contributed by atoms with Gasteiger partial charge in [0.25, 0.3) is 0 Å². The smallest absolute Gasteiger partial charge is 0.229 e. The van der Waals surface area contributed by atoms with E-state index in [1.807, 2.05) is 34.5 Å². The average Bonchev–Trinajstić information content (AvgIpc) is 3.26. The van der Waals surface area contributed by atoms with Crippen molar-refractivity contribution in [3.63, 3.8) is 0 Å². The van der Waals surface area contributed by atoms with E-state index in [2.05, 4.69) is 15.5 Å². The summed E-state index contributed by atoms with van der Waals surface area (Å²) in [6.07, 6.45) is 1.48. The number of hydrogen-bond acceptors (Lipinski definition) is 5. The van der Waals surface area contributed by atoms with Gasteiger partial charge in [0.05, 0.1) is 16.5 Å². The van der Waals surface area contributed by atoms with Crippen LogP contribution in [0.1, 0.15) is 12.8 Å². The van der Waals surface area contributed by atoms with E-state index in [0.29, 0.717) is 18.8 Å². The van der Waals surface area contributed by atoms with Crippen LogP contribution in [0.2, 0.25) is 0 Å². The number of anilines is 2. The lowest BCUT2D eigenvalue weighted by Crippen LogP contribution is -2.41. The number of carbonyl (C=O) groups excluding carboxylic acids is 1. The molecule has 1 saturated heterocycles. The van der Waals surface area contributed by atoms with E-state index < -0.39 is 11.6 Å². The van der Waals surface area contributed by atoms with Crippen molar-refractivity contribution in [3.05, 3.63) is 59.5 Å². The van der Waals surface area contributed by atoms with Crippen molar-refractivity contribution in [2.45, 2.75) is 12.8 Å². The van der Waals surface area contributed by atoms with Gasteiger partial charge in [-0.25, -0.2) is 8.78 Å². The summed E-state index contributed by atoms with van der Waals surface area (Å²) in [7, 11) is 0. The molecule has 0 radical (unpaired) electrons. The monoisotopic (exact) mass is 400 g/mol. The summed E-state index contributed by atoms with van der Waals surface area (Å²) in [4.78, 5) is 15.6. The first kappa shape index (κ1) is 18.5. The number of rotatable bonds is 4. The van der Waals surface area contributed by atoms with Gasteiger partial charge in [0.1, 0.15) is 17.3 Å². The van der Waals surface area contributed by atoms with Gasteiger partial charge in [-0.2, -0.15) is 0 Å². The Morgan fingerprint density at radius 3 is 2.82 bits per heavy atom. The normalized spacial score (nSPS) is 16.8. The Balaban J connectivity index is 1.44. The predicted octanol–water partition coefficient (Wildman–Crippen LogP) is 4.34. The molecule has 1 aromatic carbocycles. The van der Waals surface area contributed by atoms with Crippen LogP contribution in [0, 0.1) is 17.6 Å². The molecule has 1 N–H and O–H groups in total. The molecule has 0 saturated carbocycles. The molecule has 0 aliphatic carbocycles. The van der Waals surface area contributed by atoms with E-state index in [1.165, 1.54) is 0 Å². The summed E-state index contributed by atoms with van der Waals surface area (Å²) in [5, 5.41) is 13.1. The number of halogens is 2. The molecule has 144 valence electrons. The minimum atomic E-state index is -0.655. The van der Waals surface area contributed by atoms with Crippen molar-refractivity contribution in [3.8, 4) is 10.6 Å². The molecule has 1 unspecified atom stereocenters. The molecule has 1 amide bonds. The number of piperidine rings is 1. The van der Waals surface area contributed by atoms with E-state index in [-0.39, 0.29) is 17.5 Å². The maximum absolute atomic E-state index is 13.8. The van der Waals surface area contributed by atoms with Gasteiger partial charge < -0.3 is 10.2 Å². The van der Waals surface area contributed by atoms with Crippen molar-refractivity contribution in [2.24, 2.45) is 5.92 Å². The largest absolute Gasteiger partial charge is 0.354 e. The molecule has 3 heterocycles. The maximum atomic E-state index is 13.8. The van der Waals surface area contributed by atoms with Crippen LogP contribution in [-0.4, -0.2) is 29.2 Å². The first-order chi connectivity index (χ1) is 13.6. The maximum Gasteiger partial charge on any atom is 0.229 e. The highest BCUT2D eigenvalue weighted by Gasteiger charge is 2.27. The van der Waals surface area contributed by atoms with Crippen molar-refractivity contribution in [1.82, 2.24) is 10.2 Å². The number of aromatic nitrogens is 2. The van der Waals surface area contributed by atoms with E-state index in [1.54, 1.807) is 11.3 Å². The quantitative estimate of drug-likeness (QED) is 0.708. The second-order valence-electron chi connectivity index (χ2n) is 6.65. The van der Waals surface area contributed by atoms with Crippen molar-refractivity contribution >= 4 is 28.7 Å². The highest BCUT2D eigenvalue weighted by atomic mass is 32.1. The summed E-state index contributed by atoms with van der Waals surface area (Å²) in [5.41, 5.74) is 0.675. The molecule has 8 heteroatoms. The highest BCUT2D eigenvalue weighted by Crippen LogP contribution is 2.26. The second-order valence-corrected chi connectivity index (χ2v) is 7.60. The minimum absolute atomic E-state index is 0.137. The topological polar surface area (TPSA) is 58.1 Å². The molecule has 2 aromatic heterocycles. The van der Waals surface area contributed by atoms with Crippen LogP contribution in [0.25, 0.3) is 10.6 Å². The Morgan fingerprint density at radius 1 is 1.18 bits per heavy atom. The molecule has 1 aliphatic heterocycles. The number of carbonyl (C=O) groups is 1. The molecular formula is C20H18F2N4OS. The van der Waals surface area contributed by atoms with Gasteiger partial charge in [-0.3, -0.25) is 4.79 Å². The van der Waals surface area contributed by atoms with Crippen LogP contribution in [-0.2, 0) is 4.79 Å². The van der Waals surface area contributed by atoms with E-state index in [4.69, 9.17) is 0 Å². The molecule has 1 atom stereocenters. The Kier molecular flexibility index (Phi) is 5.29. The predicted molar refractivity (Wildman–Crippen MR) is 105 cm³/mol. The van der Waals surface area contributed by atoms with Gasteiger partial charge in [-0.1, -0.05) is 6.07 Å². The third-order valence-electron chi connectivity index (χ3n) is 4.73. The Labute approximate surface area is 165 Å². The van der Waals surface area contributed by atoms with Crippen LogP contribution < -0.4 is 10.2 Å². The zero-order valence-corrected chi connectivity index (χ0v) is 15.8. The van der Waals surface area contributed by atoms with Gasteiger partial charge in [0.15, 0.2) is 5.82 Å². The van der Waals surface area contributed by atoms with E-state index in [9.17, 15) is 13.6 Å². The Hall–Kier alpha value is -2.87. The molecule has 3 aromatic rings. The molecule has 5 nitrogen and oxygen atoms in total. The first-order valence-corrected chi connectivity index (χ1v) is 9.86. The zero-order valence-electron chi connectivity index (χ0n) is 14.9. The summed E-state index contributed by atoms with van der Waals surface area (Å²) in [5.74, 6) is -1.21. The summed E-state index contributed by atoms with van der Waals surface area (Å²) in [6.45, 7) is 1.22. The van der Waals surface area contributed by atoms with Gasteiger partial charge >= 0.3 is 0 Å². The number of benzene rings is 1. The second kappa shape index (κ2) is 8.02. The molecular weight excluding hydrogens is 382 g/mol. The fraction of sp³-hybridized carbons (Fsp3) is 0.250. The number of hydrogen-bond donors (Lipinski definition) is 1. The number of thiophene rings is 1. The van der Waals surface area contributed by atoms with Crippen molar-refractivity contribution in [1.29, 1.82) is 0 Å². The van der Waals surface area contributed by atoms with Crippen LogP contribution in [0.5, 0.6) is 0 Å². The Morgan fingerprint density at radius 2 is 2.07 bits per heavy atom. The standard InChI is InChI=1S/C20H18F2N4OS/c21-14-5-6-15(22)17(11-14)23-20(27)13-3-1-9-26(12-13)19-8-7-16(24-25-19)18-4-2-10-28-18/h2,4-8,10-11,13H,1,3,9,12H2,(H,23,27). The molecule has 4 rings (SSSR count). The third kappa shape index (κ3) is 4.01. The summed E-state index contributed by atoms with van der Waals surface area (Å²) >= 11 is 1.60. The zero-order chi connectivity index (χ0) is 19.5. The molecule has 0 bridgehead atoms. The van der Waals surface area contributed by atoms with E-state index in [0.717, 1.165) is 41.7 Å². The SMILES string of the molecule is O=C(Nc1cc(F)ccc1F)C1CCCN(c2ccc(-c3cccs3)nn2)C1. The van der Waals surface area contributed by atoms with Gasteiger partial charge in [0, 0.05) is 19.2 Å². The summed E-state index contributed by atoms with van der Waals surface area (Å²) < 4.78 is 27.1. The lowest BCUT2D eigenvalue weighted by molar-refractivity contribution is -0.120.